The molecule has 0 N–H and O–H groups in total. The fourth-order valence-corrected chi connectivity index (χ4v) is 2.43. The Hall–Kier alpha value is -2.29. The zero-order chi connectivity index (χ0) is 15.9. The third-order valence-electron chi connectivity index (χ3n) is 3.81. The van der Waals surface area contributed by atoms with Crippen molar-refractivity contribution >= 4 is 17.8 Å². The Morgan fingerprint density at radius 1 is 1.05 bits per heavy atom. The van der Waals surface area contributed by atoms with E-state index in [4.69, 9.17) is 4.74 Å². The van der Waals surface area contributed by atoms with Crippen molar-refractivity contribution < 1.29 is 9.30 Å². The number of methoxy groups -OCH3 is 1. The van der Waals surface area contributed by atoms with Crippen molar-refractivity contribution in [3.05, 3.63) is 53.9 Å². The van der Waals surface area contributed by atoms with E-state index in [1.165, 1.54) is 11.3 Å². The first kappa shape index (κ1) is 16.1. The zero-order valence-electron chi connectivity index (χ0n) is 13.9. The Kier molecular flexibility index (Phi) is 5.59. The van der Waals surface area contributed by atoms with Crippen LogP contribution < -0.4 is 14.2 Å². The summed E-state index contributed by atoms with van der Waals surface area (Å²) in [5, 5.41) is 0. The fourth-order valence-electron chi connectivity index (χ4n) is 2.43. The van der Waals surface area contributed by atoms with Gasteiger partial charge in [0, 0.05) is 42.5 Å². The van der Waals surface area contributed by atoms with E-state index in [0.29, 0.717) is 0 Å². The minimum absolute atomic E-state index is 0.905. The molecule has 2 aromatic rings. The van der Waals surface area contributed by atoms with Gasteiger partial charge in [-0.15, -0.1) is 0 Å². The molecular weight excluding hydrogens is 272 g/mol. The first-order chi connectivity index (χ1) is 10.7. The van der Waals surface area contributed by atoms with Crippen molar-refractivity contribution in [2.45, 2.75) is 13.8 Å². The van der Waals surface area contributed by atoms with E-state index >= 15 is 0 Å². The normalized spacial score (nSPS) is 10.9. The van der Waals surface area contributed by atoms with E-state index in [9.17, 15) is 0 Å². The molecule has 1 aromatic carbocycles. The Bertz CT molecular complexity index is 628. The highest BCUT2D eigenvalue weighted by atomic mass is 16.5. The zero-order valence-corrected chi connectivity index (χ0v) is 13.9. The van der Waals surface area contributed by atoms with Gasteiger partial charge in [0.05, 0.1) is 7.11 Å². The summed E-state index contributed by atoms with van der Waals surface area (Å²) in [7, 11) is 3.74. The third-order valence-corrected chi connectivity index (χ3v) is 3.81. The van der Waals surface area contributed by atoms with Gasteiger partial charge < -0.3 is 9.64 Å². The van der Waals surface area contributed by atoms with E-state index < -0.39 is 0 Å². The summed E-state index contributed by atoms with van der Waals surface area (Å²) >= 11 is 0. The van der Waals surface area contributed by atoms with E-state index in [0.717, 1.165) is 24.4 Å². The van der Waals surface area contributed by atoms with Crippen LogP contribution in [-0.4, -0.2) is 20.2 Å². The van der Waals surface area contributed by atoms with Gasteiger partial charge in [-0.1, -0.05) is 12.2 Å². The van der Waals surface area contributed by atoms with Gasteiger partial charge in [-0.3, -0.25) is 0 Å². The lowest BCUT2D eigenvalue weighted by atomic mass is 10.1. The summed E-state index contributed by atoms with van der Waals surface area (Å²) in [5.74, 6) is 0.905. The predicted octanol–water partition coefficient (Wildman–Crippen LogP) is 3.54. The van der Waals surface area contributed by atoms with Crippen LogP contribution in [0.5, 0.6) is 5.75 Å². The molecule has 1 aromatic heterocycles. The number of benzene rings is 1. The third kappa shape index (κ3) is 3.88. The fraction of sp³-hybridized carbons (Fsp3) is 0.316. The van der Waals surface area contributed by atoms with Gasteiger partial charge >= 0.3 is 0 Å². The number of hydrogen-bond donors (Lipinski definition) is 0. The topological polar surface area (TPSA) is 16.4 Å². The van der Waals surface area contributed by atoms with Crippen LogP contribution in [0.25, 0.3) is 12.2 Å². The van der Waals surface area contributed by atoms with Crippen molar-refractivity contribution in [3.8, 4) is 5.75 Å². The summed E-state index contributed by atoms with van der Waals surface area (Å²) in [6.45, 7) is 6.32. The van der Waals surface area contributed by atoms with Gasteiger partial charge in [0.25, 0.3) is 0 Å². The molecule has 0 saturated carbocycles. The number of aryl methyl sites for hydroxylation is 1. The average molecular weight is 297 g/mol. The second-order valence-electron chi connectivity index (χ2n) is 5.23. The lowest BCUT2D eigenvalue weighted by molar-refractivity contribution is -0.671. The van der Waals surface area contributed by atoms with Gasteiger partial charge in [0.15, 0.2) is 12.4 Å². The second-order valence-corrected chi connectivity index (χ2v) is 5.23. The van der Waals surface area contributed by atoms with Gasteiger partial charge in [0.2, 0.25) is 0 Å². The molecule has 0 aliphatic rings. The average Bonchev–Trinajstić information content (AvgIpc) is 2.56. The van der Waals surface area contributed by atoms with Crippen LogP contribution in [0.1, 0.15) is 25.0 Å². The predicted molar refractivity (Wildman–Crippen MR) is 93.1 cm³/mol. The number of pyridine rings is 1. The first-order valence-electron chi connectivity index (χ1n) is 7.74. The standard InChI is InChI=1S/C19H25N2O/c1-5-21(6-2)18-10-9-17(19(15-18)22-4)8-7-16-11-13-20(3)14-12-16/h7-15H,5-6H2,1-4H3/q+1. The molecule has 0 aliphatic carbocycles. The maximum Gasteiger partial charge on any atom is 0.169 e. The van der Waals surface area contributed by atoms with E-state index in [2.05, 4.69) is 61.2 Å². The summed E-state index contributed by atoms with van der Waals surface area (Å²) < 4.78 is 7.58. The molecule has 0 spiro atoms. The van der Waals surface area contributed by atoms with Crippen molar-refractivity contribution in [1.29, 1.82) is 0 Å². The summed E-state index contributed by atoms with van der Waals surface area (Å²) in [6.07, 6.45) is 8.29. The molecule has 0 bridgehead atoms. The van der Waals surface area contributed by atoms with Gasteiger partial charge in [-0.05, 0) is 31.5 Å². The molecule has 0 radical (unpaired) electrons. The summed E-state index contributed by atoms with van der Waals surface area (Å²) in [6, 6.07) is 10.6. The molecule has 0 saturated heterocycles. The number of ether oxygens (including phenoxy) is 1. The van der Waals surface area contributed by atoms with E-state index in [1.807, 2.05) is 24.0 Å². The smallest absolute Gasteiger partial charge is 0.169 e. The van der Waals surface area contributed by atoms with Crippen LogP contribution >= 0.6 is 0 Å². The quantitative estimate of drug-likeness (QED) is 0.758. The van der Waals surface area contributed by atoms with Crippen LogP contribution in [0, 0.1) is 0 Å². The Balaban J connectivity index is 2.25. The van der Waals surface area contributed by atoms with Gasteiger partial charge in [0.1, 0.15) is 12.8 Å². The van der Waals surface area contributed by atoms with Crippen molar-refractivity contribution in [3.63, 3.8) is 0 Å². The molecule has 22 heavy (non-hydrogen) atoms. The maximum absolute atomic E-state index is 5.55. The number of nitrogens with zero attached hydrogens (tertiary/aromatic N) is 2. The lowest BCUT2D eigenvalue weighted by Gasteiger charge is -2.22. The minimum atomic E-state index is 0.905. The lowest BCUT2D eigenvalue weighted by Crippen LogP contribution is -2.25. The Morgan fingerprint density at radius 2 is 1.73 bits per heavy atom. The maximum atomic E-state index is 5.55. The van der Waals surface area contributed by atoms with Crippen LogP contribution in [0.2, 0.25) is 0 Å². The molecule has 0 aliphatic heterocycles. The number of hydrogen-bond acceptors (Lipinski definition) is 2. The Labute approximate surface area is 133 Å². The molecule has 3 nitrogen and oxygen atoms in total. The Morgan fingerprint density at radius 3 is 2.32 bits per heavy atom. The van der Waals surface area contributed by atoms with E-state index in [-0.39, 0.29) is 0 Å². The number of anilines is 1. The molecule has 2 rings (SSSR count). The highest BCUT2D eigenvalue weighted by Gasteiger charge is 2.06. The van der Waals surface area contributed by atoms with Crippen LogP contribution in [0.4, 0.5) is 5.69 Å². The number of aromatic nitrogens is 1. The van der Waals surface area contributed by atoms with Crippen LogP contribution in [-0.2, 0) is 7.05 Å². The van der Waals surface area contributed by atoms with Gasteiger partial charge in [-0.2, -0.15) is 0 Å². The van der Waals surface area contributed by atoms with Crippen molar-refractivity contribution in [2.24, 2.45) is 7.05 Å². The molecule has 0 unspecified atom stereocenters. The van der Waals surface area contributed by atoms with Crippen molar-refractivity contribution in [1.82, 2.24) is 0 Å². The summed E-state index contributed by atoms with van der Waals surface area (Å²) in [4.78, 5) is 2.31. The molecule has 116 valence electrons. The molecule has 0 atom stereocenters. The molecule has 0 amide bonds. The highest BCUT2D eigenvalue weighted by Crippen LogP contribution is 2.27. The highest BCUT2D eigenvalue weighted by molar-refractivity contribution is 5.74. The largest absolute Gasteiger partial charge is 0.496 e. The molecule has 3 heteroatoms. The molecular formula is C19H25N2O+. The van der Waals surface area contributed by atoms with Gasteiger partial charge in [-0.25, -0.2) is 4.57 Å². The molecule has 0 fully saturated rings. The summed E-state index contributed by atoms with van der Waals surface area (Å²) in [5.41, 5.74) is 3.46. The van der Waals surface area contributed by atoms with Crippen LogP contribution in [0.3, 0.4) is 0 Å². The first-order valence-corrected chi connectivity index (χ1v) is 7.74. The van der Waals surface area contributed by atoms with Crippen LogP contribution in [0.15, 0.2) is 42.7 Å². The molecule has 1 heterocycles. The monoisotopic (exact) mass is 297 g/mol. The van der Waals surface area contributed by atoms with E-state index in [1.54, 1.807) is 7.11 Å². The van der Waals surface area contributed by atoms with Crippen molar-refractivity contribution in [2.75, 3.05) is 25.1 Å². The number of rotatable bonds is 6. The SMILES string of the molecule is CCN(CC)c1ccc(/C=C/c2cc[n+](C)cc2)c(OC)c1. The second kappa shape index (κ2) is 7.64. The minimum Gasteiger partial charge on any atom is -0.496 e.